The third kappa shape index (κ3) is 4.39. The highest BCUT2D eigenvalue weighted by Crippen LogP contribution is 2.28. The molecule has 1 aromatic heterocycles. The summed E-state index contributed by atoms with van der Waals surface area (Å²) in [7, 11) is 3.51. The van der Waals surface area contributed by atoms with Gasteiger partial charge in [0.05, 0.1) is 22.7 Å². The maximum atomic E-state index is 13.2. The van der Waals surface area contributed by atoms with Crippen molar-refractivity contribution >= 4 is 28.6 Å². The van der Waals surface area contributed by atoms with E-state index < -0.39 is 0 Å². The number of carbonyl (C=O) groups is 1. The molecule has 0 spiro atoms. The Kier molecular flexibility index (Phi) is 6.18. The number of fused-ring (bicyclic) bond motifs is 1. The summed E-state index contributed by atoms with van der Waals surface area (Å²) in [5.41, 5.74) is 2.62. The lowest BCUT2D eigenvalue weighted by Crippen LogP contribution is -2.33. The smallest absolute Gasteiger partial charge is 0.261 e. The predicted molar refractivity (Wildman–Crippen MR) is 125 cm³/mol. The van der Waals surface area contributed by atoms with E-state index in [0.717, 1.165) is 11.1 Å². The molecule has 5 nitrogen and oxygen atoms in total. The molecule has 0 fully saturated rings. The van der Waals surface area contributed by atoms with E-state index in [1.807, 2.05) is 85.9 Å². The third-order valence-electron chi connectivity index (χ3n) is 5.28. The Morgan fingerprint density at radius 2 is 1.48 bits per heavy atom. The topological polar surface area (TPSA) is 55.2 Å². The zero-order chi connectivity index (χ0) is 21.8. The molecule has 0 saturated carbocycles. The van der Waals surface area contributed by atoms with Gasteiger partial charge >= 0.3 is 0 Å². The van der Waals surface area contributed by atoms with Crippen LogP contribution >= 0.6 is 11.8 Å². The molecule has 4 aromatic rings. The SMILES string of the molecule is CN(C(=O)CSc1nc2ccccc2c(=O)n1C)C(c1ccccc1)c1ccccc1. The highest BCUT2D eigenvalue weighted by atomic mass is 32.2. The number of thioether (sulfide) groups is 1. The van der Waals surface area contributed by atoms with Crippen molar-refractivity contribution in [3.05, 3.63) is 106 Å². The molecule has 0 aliphatic heterocycles. The molecule has 1 amide bonds. The number of aromatic nitrogens is 2. The van der Waals surface area contributed by atoms with Crippen molar-refractivity contribution in [3.63, 3.8) is 0 Å². The Labute approximate surface area is 185 Å². The fourth-order valence-electron chi connectivity index (χ4n) is 3.61. The van der Waals surface area contributed by atoms with Gasteiger partial charge in [0.15, 0.2) is 5.16 Å². The van der Waals surface area contributed by atoms with Gasteiger partial charge in [-0.25, -0.2) is 4.98 Å². The zero-order valence-electron chi connectivity index (χ0n) is 17.4. The van der Waals surface area contributed by atoms with Gasteiger partial charge < -0.3 is 4.90 Å². The number of nitrogens with zero attached hydrogens (tertiary/aromatic N) is 3. The van der Waals surface area contributed by atoms with Crippen LogP contribution in [-0.4, -0.2) is 33.2 Å². The minimum absolute atomic E-state index is 0.0369. The monoisotopic (exact) mass is 429 g/mol. The number of benzene rings is 3. The highest BCUT2D eigenvalue weighted by molar-refractivity contribution is 7.99. The van der Waals surface area contributed by atoms with E-state index in [1.165, 1.54) is 16.3 Å². The molecule has 6 heteroatoms. The van der Waals surface area contributed by atoms with Crippen LogP contribution in [-0.2, 0) is 11.8 Å². The van der Waals surface area contributed by atoms with Crippen molar-refractivity contribution < 1.29 is 4.79 Å². The maximum Gasteiger partial charge on any atom is 0.261 e. The first-order valence-electron chi connectivity index (χ1n) is 10.0. The fourth-order valence-corrected chi connectivity index (χ4v) is 4.50. The number of hydrogen-bond acceptors (Lipinski definition) is 4. The van der Waals surface area contributed by atoms with Gasteiger partial charge in [-0.1, -0.05) is 84.6 Å². The Morgan fingerprint density at radius 3 is 2.10 bits per heavy atom. The molecule has 0 N–H and O–H groups in total. The quantitative estimate of drug-likeness (QED) is 0.339. The summed E-state index contributed by atoms with van der Waals surface area (Å²) in [5, 5.41) is 1.10. The summed E-state index contributed by atoms with van der Waals surface area (Å²) < 4.78 is 1.51. The lowest BCUT2D eigenvalue weighted by Gasteiger charge is -2.29. The van der Waals surface area contributed by atoms with Crippen molar-refractivity contribution in [3.8, 4) is 0 Å². The van der Waals surface area contributed by atoms with Crippen LogP contribution in [0.5, 0.6) is 0 Å². The lowest BCUT2D eigenvalue weighted by atomic mass is 9.97. The number of hydrogen-bond donors (Lipinski definition) is 0. The molecule has 31 heavy (non-hydrogen) atoms. The molecule has 4 rings (SSSR count). The Morgan fingerprint density at radius 1 is 0.935 bits per heavy atom. The minimum Gasteiger partial charge on any atom is -0.334 e. The van der Waals surface area contributed by atoms with Crippen LogP contribution in [0, 0.1) is 0 Å². The first-order valence-corrected chi connectivity index (χ1v) is 11.0. The minimum atomic E-state index is -0.191. The number of para-hydroxylation sites is 1. The van der Waals surface area contributed by atoms with Gasteiger partial charge in [-0.15, -0.1) is 0 Å². The van der Waals surface area contributed by atoms with Gasteiger partial charge in [0.1, 0.15) is 0 Å². The Bertz CT molecular complexity index is 1220. The molecule has 1 heterocycles. The van der Waals surface area contributed by atoms with Crippen molar-refractivity contribution in [1.82, 2.24) is 14.5 Å². The number of carbonyl (C=O) groups excluding carboxylic acids is 1. The van der Waals surface area contributed by atoms with E-state index >= 15 is 0 Å². The molecule has 0 aliphatic rings. The molecular formula is C25H23N3O2S. The van der Waals surface area contributed by atoms with Gasteiger partial charge in [-0.05, 0) is 23.3 Å². The predicted octanol–water partition coefficient (Wildman–Crippen LogP) is 4.27. The molecule has 0 bridgehead atoms. The van der Waals surface area contributed by atoms with E-state index in [0.29, 0.717) is 16.1 Å². The third-order valence-corrected chi connectivity index (χ3v) is 6.29. The fraction of sp³-hybridized carbons (Fsp3) is 0.160. The summed E-state index contributed by atoms with van der Waals surface area (Å²) in [5.74, 6) is 0.149. The molecule has 0 saturated heterocycles. The van der Waals surface area contributed by atoms with Crippen LogP contribution < -0.4 is 5.56 Å². The van der Waals surface area contributed by atoms with Gasteiger partial charge in [-0.3, -0.25) is 14.2 Å². The maximum absolute atomic E-state index is 13.2. The zero-order valence-corrected chi connectivity index (χ0v) is 18.3. The number of amides is 1. The van der Waals surface area contributed by atoms with Gasteiger partial charge in [0.25, 0.3) is 5.56 Å². The van der Waals surface area contributed by atoms with E-state index in [4.69, 9.17) is 0 Å². The second-order valence-electron chi connectivity index (χ2n) is 7.29. The molecule has 3 aromatic carbocycles. The van der Waals surface area contributed by atoms with E-state index in [-0.39, 0.29) is 23.3 Å². The van der Waals surface area contributed by atoms with Crippen LogP contribution in [0.25, 0.3) is 10.9 Å². The van der Waals surface area contributed by atoms with E-state index in [1.54, 1.807) is 18.0 Å². The van der Waals surface area contributed by atoms with Crippen LogP contribution in [0.15, 0.2) is 94.9 Å². The molecular weight excluding hydrogens is 406 g/mol. The molecule has 0 radical (unpaired) electrons. The van der Waals surface area contributed by atoms with Crippen molar-refractivity contribution in [2.24, 2.45) is 7.05 Å². The first-order chi connectivity index (χ1) is 15.1. The van der Waals surface area contributed by atoms with Gasteiger partial charge in [0, 0.05) is 14.1 Å². The van der Waals surface area contributed by atoms with Crippen molar-refractivity contribution in [2.45, 2.75) is 11.2 Å². The van der Waals surface area contributed by atoms with Gasteiger partial charge in [-0.2, -0.15) is 0 Å². The summed E-state index contributed by atoms with van der Waals surface area (Å²) in [6.07, 6.45) is 0. The normalized spacial score (nSPS) is 11.1. The van der Waals surface area contributed by atoms with Crippen LogP contribution in [0.1, 0.15) is 17.2 Å². The largest absolute Gasteiger partial charge is 0.334 e. The summed E-state index contributed by atoms with van der Waals surface area (Å²) in [6.45, 7) is 0. The summed E-state index contributed by atoms with van der Waals surface area (Å²) in [4.78, 5) is 32.1. The summed E-state index contributed by atoms with van der Waals surface area (Å²) in [6, 6.07) is 27.0. The average Bonchev–Trinajstić information content (AvgIpc) is 2.82. The molecule has 0 atom stereocenters. The van der Waals surface area contributed by atoms with E-state index in [9.17, 15) is 9.59 Å². The first kappa shape index (κ1) is 20.9. The Hall–Kier alpha value is -3.38. The molecule has 156 valence electrons. The number of rotatable bonds is 6. The highest BCUT2D eigenvalue weighted by Gasteiger charge is 2.24. The molecule has 0 unspecified atom stereocenters. The standard InChI is InChI=1S/C25H23N3O2S/c1-27(23(18-11-5-3-6-12-18)19-13-7-4-8-14-19)22(29)17-31-25-26-21-16-10-9-15-20(21)24(30)28(25)2/h3-16,23H,17H2,1-2H3. The van der Waals surface area contributed by atoms with E-state index in [2.05, 4.69) is 4.98 Å². The van der Waals surface area contributed by atoms with Gasteiger partial charge in [0.2, 0.25) is 5.91 Å². The van der Waals surface area contributed by atoms with Crippen LogP contribution in [0.4, 0.5) is 0 Å². The summed E-state index contributed by atoms with van der Waals surface area (Å²) >= 11 is 1.28. The van der Waals surface area contributed by atoms with Crippen molar-refractivity contribution in [1.29, 1.82) is 0 Å². The van der Waals surface area contributed by atoms with Crippen LogP contribution in [0.2, 0.25) is 0 Å². The second-order valence-corrected chi connectivity index (χ2v) is 8.24. The lowest BCUT2D eigenvalue weighted by molar-refractivity contribution is -0.128. The van der Waals surface area contributed by atoms with Crippen molar-refractivity contribution in [2.75, 3.05) is 12.8 Å². The average molecular weight is 430 g/mol. The Balaban J connectivity index is 1.58. The molecule has 0 aliphatic carbocycles. The van der Waals surface area contributed by atoms with Crippen LogP contribution in [0.3, 0.4) is 0 Å². The second kappa shape index (κ2) is 9.18.